The zero-order valence-electron chi connectivity index (χ0n) is 31.7. The molecule has 0 aliphatic carbocycles. The topological polar surface area (TPSA) is 94.6 Å². The molecule has 0 unspecified atom stereocenters. The number of nitro groups is 1. The molecule has 0 spiro atoms. The molecule has 10 heteroatoms. The van der Waals surface area contributed by atoms with Gasteiger partial charge in [-0.1, -0.05) is 80.4 Å². The Labute approximate surface area is 360 Å². The molecule has 0 amide bonds. The molecule has 0 fully saturated rings. The Kier molecular flexibility index (Phi) is 9.63. The van der Waals surface area contributed by atoms with E-state index in [0.29, 0.717) is 5.56 Å². The number of rotatable bonds is 6. The highest BCUT2D eigenvalue weighted by Crippen LogP contribution is 2.37. The minimum atomic E-state index is -0.347. The lowest BCUT2D eigenvalue weighted by atomic mass is 10.0. The van der Waals surface area contributed by atoms with Gasteiger partial charge in [-0.3, -0.25) is 20.1 Å². The van der Waals surface area contributed by atoms with Crippen LogP contribution in [-0.2, 0) is 0 Å². The number of hydrogen-bond acceptors (Lipinski definition) is 4. The first-order chi connectivity index (χ1) is 29.4. The third-order valence-electron chi connectivity index (χ3n) is 10.7. The highest BCUT2D eigenvalue weighted by atomic mass is 79.9. The van der Waals surface area contributed by atoms with Gasteiger partial charge in [0.2, 0.25) is 0 Å². The summed E-state index contributed by atoms with van der Waals surface area (Å²) in [6.07, 6.45) is 7.78. The van der Waals surface area contributed by atoms with Crippen LogP contribution in [0.3, 0.4) is 0 Å². The van der Waals surface area contributed by atoms with E-state index in [1.165, 1.54) is 33.3 Å². The largest absolute Gasteiger partial charge is 0.354 e. The highest BCUT2D eigenvalue weighted by molar-refractivity contribution is 9.10. The van der Waals surface area contributed by atoms with Gasteiger partial charge in [-0.2, -0.15) is 0 Å². The van der Waals surface area contributed by atoms with Gasteiger partial charge < -0.3 is 14.1 Å². The van der Waals surface area contributed by atoms with Gasteiger partial charge in [-0.05, 0) is 115 Å². The van der Waals surface area contributed by atoms with Crippen molar-refractivity contribution in [2.24, 2.45) is 0 Å². The van der Waals surface area contributed by atoms with E-state index in [4.69, 9.17) is 0 Å². The standard InChI is InChI=1S/C25H16BrN3O2.C25H16BrN3/c26-20-8-10-25(29(30)31)22(16-20)17-7-9-24-19(14-17)11-13-28(24)21-5-3-4-18(15-21)23-6-1-2-12-27-23;26-17-7-9-23-21(15-17)19-8-10-24-20(25(19)28-23)11-13-29(24)18-5-3-4-16(14-18)22-6-1-2-12-27-22/h1-16H;1-15,28H. The van der Waals surface area contributed by atoms with E-state index in [0.717, 1.165) is 64.8 Å². The van der Waals surface area contributed by atoms with Crippen LogP contribution in [0.2, 0.25) is 0 Å². The van der Waals surface area contributed by atoms with Crippen molar-refractivity contribution in [3.05, 3.63) is 208 Å². The van der Waals surface area contributed by atoms with Gasteiger partial charge >= 0.3 is 0 Å². The number of pyridine rings is 2. The molecule has 5 aromatic heterocycles. The van der Waals surface area contributed by atoms with Gasteiger partial charge in [-0.25, -0.2) is 0 Å². The molecule has 11 rings (SSSR count). The van der Waals surface area contributed by atoms with E-state index in [1.54, 1.807) is 18.3 Å². The molecule has 0 atom stereocenters. The van der Waals surface area contributed by atoms with Crippen LogP contribution in [0, 0.1) is 10.1 Å². The number of aromatic nitrogens is 5. The molecule has 0 saturated carbocycles. The predicted octanol–water partition coefficient (Wildman–Crippen LogP) is 14.1. The normalized spacial score (nSPS) is 11.3. The average Bonchev–Trinajstić information content (AvgIpc) is 4.02. The number of nitrogens with zero attached hydrogens (tertiary/aromatic N) is 5. The van der Waals surface area contributed by atoms with Crippen molar-refractivity contribution in [3.63, 3.8) is 0 Å². The Hall–Kier alpha value is -7.14. The minimum absolute atomic E-state index is 0.0880. The summed E-state index contributed by atoms with van der Waals surface area (Å²) in [6.45, 7) is 0. The van der Waals surface area contributed by atoms with Crippen LogP contribution in [0.5, 0.6) is 0 Å². The molecular weight excluding hydrogens is 876 g/mol. The molecule has 0 aliphatic heterocycles. The number of hydrogen-bond donors (Lipinski definition) is 1. The Bertz CT molecular complexity index is 3390. The zero-order valence-corrected chi connectivity index (χ0v) is 34.9. The maximum absolute atomic E-state index is 11.5. The predicted molar refractivity (Wildman–Crippen MR) is 250 cm³/mol. The van der Waals surface area contributed by atoms with Crippen LogP contribution in [-0.4, -0.2) is 29.0 Å². The lowest BCUT2D eigenvalue weighted by Gasteiger charge is -2.09. The smallest absolute Gasteiger partial charge is 0.277 e. The van der Waals surface area contributed by atoms with Gasteiger partial charge in [0.25, 0.3) is 5.69 Å². The van der Waals surface area contributed by atoms with Gasteiger partial charge in [0.15, 0.2) is 0 Å². The van der Waals surface area contributed by atoms with E-state index < -0.39 is 0 Å². The minimum Gasteiger partial charge on any atom is -0.354 e. The summed E-state index contributed by atoms with van der Waals surface area (Å²) in [4.78, 5) is 23.7. The van der Waals surface area contributed by atoms with E-state index in [1.807, 2.05) is 85.2 Å². The molecule has 0 bridgehead atoms. The summed E-state index contributed by atoms with van der Waals surface area (Å²) in [5, 5.41) is 16.2. The molecule has 6 aromatic carbocycles. The molecule has 1 N–H and O–H groups in total. The molecule has 0 aliphatic rings. The number of nitrogens with one attached hydrogen (secondary N) is 1. The molecule has 60 heavy (non-hydrogen) atoms. The lowest BCUT2D eigenvalue weighted by molar-refractivity contribution is -0.384. The average molecular weight is 909 g/mol. The summed E-state index contributed by atoms with van der Waals surface area (Å²) >= 11 is 7.01. The van der Waals surface area contributed by atoms with Crippen molar-refractivity contribution in [1.82, 2.24) is 24.1 Å². The van der Waals surface area contributed by atoms with Crippen LogP contribution < -0.4 is 0 Å². The van der Waals surface area contributed by atoms with Crippen LogP contribution in [0.4, 0.5) is 5.69 Å². The second kappa shape index (κ2) is 15.6. The summed E-state index contributed by atoms with van der Waals surface area (Å²) in [5.41, 5.74) is 12.2. The molecule has 5 heterocycles. The van der Waals surface area contributed by atoms with Crippen LogP contribution >= 0.6 is 31.9 Å². The first-order valence-electron chi connectivity index (χ1n) is 19.2. The van der Waals surface area contributed by atoms with Crippen LogP contribution in [0.1, 0.15) is 0 Å². The molecule has 0 radical (unpaired) electrons. The fourth-order valence-corrected chi connectivity index (χ4v) is 8.64. The lowest BCUT2D eigenvalue weighted by Crippen LogP contribution is -1.94. The van der Waals surface area contributed by atoms with Crippen molar-refractivity contribution >= 4 is 81.2 Å². The number of benzene rings is 6. The van der Waals surface area contributed by atoms with Crippen molar-refractivity contribution in [2.75, 3.05) is 0 Å². The number of nitro benzene ring substituents is 1. The first kappa shape index (κ1) is 37.2. The maximum atomic E-state index is 11.5. The van der Waals surface area contributed by atoms with Gasteiger partial charge in [0.05, 0.1) is 38.4 Å². The van der Waals surface area contributed by atoms with Crippen molar-refractivity contribution in [3.8, 4) is 45.0 Å². The van der Waals surface area contributed by atoms with Gasteiger partial charge in [-0.15, -0.1) is 0 Å². The third-order valence-corrected chi connectivity index (χ3v) is 11.7. The zero-order chi connectivity index (χ0) is 40.7. The molecule has 8 nitrogen and oxygen atoms in total. The Balaban J connectivity index is 0.000000145. The second-order valence-corrected chi connectivity index (χ2v) is 16.2. The fourth-order valence-electron chi connectivity index (χ4n) is 7.92. The monoisotopic (exact) mass is 906 g/mol. The van der Waals surface area contributed by atoms with Crippen molar-refractivity contribution in [2.45, 2.75) is 0 Å². The highest BCUT2D eigenvalue weighted by Gasteiger charge is 2.17. The van der Waals surface area contributed by atoms with Crippen molar-refractivity contribution in [1.29, 1.82) is 0 Å². The van der Waals surface area contributed by atoms with E-state index >= 15 is 0 Å². The summed E-state index contributed by atoms with van der Waals surface area (Å²) < 4.78 is 6.25. The molecule has 11 aromatic rings. The van der Waals surface area contributed by atoms with Crippen molar-refractivity contribution < 1.29 is 4.92 Å². The summed E-state index contributed by atoms with van der Waals surface area (Å²) in [7, 11) is 0. The van der Waals surface area contributed by atoms with E-state index in [9.17, 15) is 10.1 Å². The number of aromatic amines is 1. The Morgan fingerprint density at radius 1 is 0.533 bits per heavy atom. The summed E-state index contributed by atoms with van der Waals surface area (Å²) in [5.74, 6) is 0. The second-order valence-electron chi connectivity index (χ2n) is 14.3. The molecular formula is C50H32Br2N6O2. The number of fused-ring (bicyclic) bond motifs is 6. The summed E-state index contributed by atoms with van der Waals surface area (Å²) in [6, 6.07) is 54.5. The SMILES string of the molecule is Brc1ccc2[nH]c3c(ccc4c3ccn4-c3cccc(-c4ccccn4)c3)c2c1.O=[N+]([O-])c1ccc(Br)cc1-c1ccc2c(ccn2-c2cccc(-c3ccccn3)c2)c1. The van der Waals surface area contributed by atoms with Crippen LogP contribution in [0.15, 0.2) is 198 Å². The maximum Gasteiger partial charge on any atom is 0.277 e. The van der Waals surface area contributed by atoms with E-state index in [-0.39, 0.29) is 10.6 Å². The Morgan fingerprint density at radius 3 is 1.87 bits per heavy atom. The first-order valence-corrected chi connectivity index (χ1v) is 20.8. The quantitative estimate of drug-likeness (QED) is 0.133. The molecule has 0 saturated heterocycles. The van der Waals surface area contributed by atoms with Gasteiger partial charge in [0, 0.05) is 89.4 Å². The number of halogens is 2. The Morgan fingerprint density at radius 2 is 1.18 bits per heavy atom. The molecule has 288 valence electrons. The fraction of sp³-hybridized carbons (Fsp3) is 0. The van der Waals surface area contributed by atoms with E-state index in [2.05, 4.69) is 135 Å². The third kappa shape index (κ3) is 6.95. The van der Waals surface area contributed by atoms with Gasteiger partial charge in [0.1, 0.15) is 0 Å². The number of H-pyrrole nitrogens is 1. The van der Waals surface area contributed by atoms with Crippen LogP contribution in [0.25, 0.3) is 88.6 Å².